The van der Waals surface area contributed by atoms with Crippen molar-refractivity contribution >= 4 is 34.0 Å². The number of anilines is 1. The Morgan fingerprint density at radius 3 is 2.20 bits per heavy atom. The summed E-state index contributed by atoms with van der Waals surface area (Å²) in [7, 11) is 0. The van der Waals surface area contributed by atoms with Crippen LogP contribution in [0.15, 0.2) is 23.6 Å². The van der Waals surface area contributed by atoms with E-state index in [2.05, 4.69) is 14.8 Å². The van der Waals surface area contributed by atoms with Crippen LogP contribution in [-0.2, 0) is 10.9 Å². The molecule has 0 radical (unpaired) electrons. The maximum Gasteiger partial charge on any atom is 0.431 e. The Bertz CT molecular complexity index is 767. The van der Waals surface area contributed by atoms with Crippen LogP contribution in [0.4, 0.5) is 45.2 Å². The molecule has 1 aromatic rings. The summed E-state index contributed by atoms with van der Waals surface area (Å²) in [4.78, 5) is 3.22. The monoisotopic (exact) mass is 565 g/mol. The number of alkyl halides is 10. The molecule has 0 spiro atoms. The summed E-state index contributed by atoms with van der Waals surface area (Å²) in [6, 6.07) is 0.315. The van der Waals surface area contributed by atoms with Gasteiger partial charge in [-0.25, -0.2) is 5.01 Å². The summed E-state index contributed by atoms with van der Waals surface area (Å²) in [5.74, 6) is -2.74. The largest absolute Gasteiger partial charge is 0.431 e. The first kappa shape index (κ1) is 24.9. The third-order valence-electron chi connectivity index (χ3n) is 3.93. The minimum Gasteiger partial charge on any atom is -0.371 e. The summed E-state index contributed by atoms with van der Waals surface area (Å²) in [6.45, 7) is -0.549. The van der Waals surface area contributed by atoms with Crippen molar-refractivity contribution < 1.29 is 49.4 Å². The number of rotatable bonds is 6. The number of halogens is 10. The third-order valence-corrected chi connectivity index (χ3v) is 4.70. The van der Waals surface area contributed by atoms with Gasteiger partial charge in [0.25, 0.3) is 0 Å². The van der Waals surface area contributed by atoms with Gasteiger partial charge in [-0.2, -0.15) is 44.6 Å². The molecule has 2 rings (SSSR count). The first-order valence-electron chi connectivity index (χ1n) is 8.07. The molecule has 3 atom stereocenters. The average molecular weight is 565 g/mol. The summed E-state index contributed by atoms with van der Waals surface area (Å²) >= 11 is 1.82. The molecule has 2 heterocycles. The Labute approximate surface area is 177 Å². The zero-order valence-corrected chi connectivity index (χ0v) is 16.7. The Morgan fingerprint density at radius 1 is 1.07 bits per heavy atom. The van der Waals surface area contributed by atoms with Gasteiger partial charge < -0.3 is 9.84 Å². The molecule has 0 saturated heterocycles. The number of hydrazone groups is 1. The zero-order valence-electron chi connectivity index (χ0n) is 14.6. The fourth-order valence-electron chi connectivity index (χ4n) is 2.67. The highest BCUT2D eigenvalue weighted by Gasteiger charge is 2.60. The first-order chi connectivity index (χ1) is 13.7. The van der Waals surface area contributed by atoms with E-state index >= 15 is 0 Å². The van der Waals surface area contributed by atoms with Crippen LogP contribution < -0.4 is 5.01 Å². The van der Waals surface area contributed by atoms with Crippen LogP contribution in [0.3, 0.4) is 0 Å². The van der Waals surface area contributed by atoms with Crippen molar-refractivity contribution in [2.75, 3.05) is 16.0 Å². The molecule has 0 aromatic carbocycles. The smallest absolute Gasteiger partial charge is 0.371 e. The molecule has 0 aliphatic carbocycles. The van der Waals surface area contributed by atoms with Crippen LogP contribution in [0.1, 0.15) is 12.0 Å². The average Bonchev–Trinajstić information content (AvgIpc) is 2.94. The van der Waals surface area contributed by atoms with Crippen LogP contribution in [0, 0.1) is 5.92 Å². The van der Waals surface area contributed by atoms with Gasteiger partial charge in [0.05, 0.1) is 23.4 Å². The van der Waals surface area contributed by atoms with Crippen molar-refractivity contribution in [3.8, 4) is 0 Å². The van der Waals surface area contributed by atoms with Gasteiger partial charge in [0.2, 0.25) is 0 Å². The molecule has 0 bridgehead atoms. The van der Waals surface area contributed by atoms with E-state index in [0.29, 0.717) is 22.9 Å². The van der Waals surface area contributed by atoms with Crippen LogP contribution in [0.2, 0.25) is 0 Å². The normalized spacial score (nSPS) is 21.7. The number of hydrogen-bond donors (Lipinski definition) is 1. The molecular formula is C15H13F9IN3O2. The number of hydrogen-bond acceptors (Lipinski definition) is 5. The van der Waals surface area contributed by atoms with Crippen molar-refractivity contribution in [2.24, 2.45) is 11.0 Å². The molecule has 1 aliphatic heterocycles. The molecule has 1 N–H and O–H groups in total. The summed E-state index contributed by atoms with van der Waals surface area (Å²) in [5, 5.41) is 13.2. The Hall–Kier alpha value is -1.36. The number of aliphatic hydroxyl groups excluding tert-OH is 1. The predicted octanol–water partition coefficient (Wildman–Crippen LogP) is 4.55. The van der Waals surface area contributed by atoms with E-state index in [1.54, 1.807) is 0 Å². The molecule has 1 aromatic heterocycles. The van der Waals surface area contributed by atoms with Crippen molar-refractivity contribution in [1.29, 1.82) is 0 Å². The number of nitrogens with zero attached hydrogens (tertiary/aromatic N) is 3. The van der Waals surface area contributed by atoms with E-state index in [1.165, 1.54) is 0 Å². The lowest BCUT2D eigenvalue weighted by Crippen LogP contribution is -2.51. The summed E-state index contributed by atoms with van der Waals surface area (Å²) in [5.41, 5.74) is -4.18. The van der Waals surface area contributed by atoms with Gasteiger partial charge in [0, 0.05) is 17.2 Å². The van der Waals surface area contributed by atoms with E-state index in [1.807, 2.05) is 22.6 Å². The van der Waals surface area contributed by atoms with Crippen LogP contribution in [-0.4, -0.2) is 51.5 Å². The van der Waals surface area contributed by atoms with Crippen LogP contribution in [0.25, 0.3) is 0 Å². The minimum absolute atomic E-state index is 0.0240. The van der Waals surface area contributed by atoms with Gasteiger partial charge in [-0.3, -0.25) is 4.98 Å². The van der Waals surface area contributed by atoms with Gasteiger partial charge in [-0.05, 0) is 12.5 Å². The number of ether oxygens (including phenoxy) is 1. The molecule has 15 heteroatoms. The molecule has 0 saturated carbocycles. The van der Waals surface area contributed by atoms with E-state index in [-0.39, 0.29) is 11.4 Å². The van der Waals surface area contributed by atoms with Gasteiger partial charge in [-0.15, -0.1) is 0 Å². The second-order valence-electron chi connectivity index (χ2n) is 6.07. The van der Waals surface area contributed by atoms with Gasteiger partial charge >= 0.3 is 18.5 Å². The van der Waals surface area contributed by atoms with Crippen molar-refractivity contribution in [2.45, 2.75) is 37.3 Å². The Balaban J connectivity index is 2.49. The van der Waals surface area contributed by atoms with Crippen LogP contribution in [0.5, 0.6) is 0 Å². The van der Waals surface area contributed by atoms with Crippen molar-refractivity contribution in [1.82, 2.24) is 4.98 Å². The molecule has 5 nitrogen and oxygen atoms in total. The van der Waals surface area contributed by atoms with Crippen molar-refractivity contribution in [3.05, 3.63) is 24.0 Å². The lowest BCUT2D eigenvalue weighted by molar-refractivity contribution is -0.237. The maximum atomic E-state index is 13.4. The fourth-order valence-corrected chi connectivity index (χ4v) is 2.98. The predicted molar refractivity (Wildman–Crippen MR) is 94.0 cm³/mol. The molecule has 1 aliphatic rings. The topological polar surface area (TPSA) is 58.0 Å². The van der Waals surface area contributed by atoms with Crippen LogP contribution >= 0.6 is 22.6 Å². The quantitative estimate of drug-likeness (QED) is 0.238. The second kappa shape index (κ2) is 9.02. The Kier molecular flexibility index (Phi) is 7.49. The minimum atomic E-state index is -5.41. The molecule has 0 amide bonds. The van der Waals surface area contributed by atoms with E-state index in [9.17, 15) is 44.6 Å². The van der Waals surface area contributed by atoms with E-state index in [4.69, 9.17) is 0 Å². The molecular weight excluding hydrogens is 552 g/mol. The van der Waals surface area contributed by atoms with Gasteiger partial charge in [0.1, 0.15) is 0 Å². The standard InChI is InChI=1S/C15H13F9IN3O2/c16-13(17,18)7-4-8(6-26-5-7)28-12(29)9(10(27-28)14(19,20)21)11(15(22,23)24)30-3-1-2-25/h4-6,9,11-12,29H,1-3H2. The fraction of sp³-hybridized carbons (Fsp3) is 0.600. The number of aromatic nitrogens is 1. The van der Waals surface area contributed by atoms with E-state index in [0.717, 1.165) is 0 Å². The second-order valence-corrected chi connectivity index (χ2v) is 7.15. The molecule has 170 valence electrons. The van der Waals surface area contributed by atoms with Gasteiger partial charge in [0.15, 0.2) is 18.0 Å². The summed E-state index contributed by atoms with van der Waals surface area (Å²) in [6.07, 6.45) is -20.2. The first-order valence-corrected chi connectivity index (χ1v) is 9.60. The third kappa shape index (κ3) is 5.66. The Morgan fingerprint density at radius 2 is 1.70 bits per heavy atom. The zero-order chi connectivity index (χ0) is 22.9. The highest BCUT2D eigenvalue weighted by Crippen LogP contribution is 2.42. The lowest BCUT2D eigenvalue weighted by atomic mass is 9.94. The number of pyridine rings is 1. The van der Waals surface area contributed by atoms with Gasteiger partial charge in [-0.1, -0.05) is 22.6 Å². The lowest BCUT2D eigenvalue weighted by Gasteiger charge is -2.31. The van der Waals surface area contributed by atoms with Crippen molar-refractivity contribution in [3.63, 3.8) is 0 Å². The maximum absolute atomic E-state index is 13.4. The number of aliphatic hydroxyl groups is 1. The highest BCUT2D eigenvalue weighted by atomic mass is 127. The molecule has 30 heavy (non-hydrogen) atoms. The molecule has 0 fully saturated rings. The molecule has 3 unspecified atom stereocenters. The SMILES string of the molecule is OC1C(C(OCCCI)C(F)(F)F)C(C(F)(F)F)=NN1c1cncc(C(F)(F)F)c1. The summed E-state index contributed by atoms with van der Waals surface area (Å²) < 4.78 is 124. The highest BCUT2D eigenvalue weighted by molar-refractivity contribution is 14.1. The van der Waals surface area contributed by atoms with E-state index < -0.39 is 60.3 Å².